The highest BCUT2D eigenvalue weighted by Gasteiger charge is 2.08. The van der Waals surface area contributed by atoms with Crippen molar-refractivity contribution in [2.24, 2.45) is 0 Å². The first-order valence-electron chi connectivity index (χ1n) is 5.50. The Morgan fingerprint density at radius 1 is 1.24 bits per heavy atom. The van der Waals surface area contributed by atoms with Crippen LogP contribution in [-0.2, 0) is 6.42 Å². The number of nitrogens with zero attached hydrogens (tertiary/aromatic N) is 1. The van der Waals surface area contributed by atoms with Crippen molar-refractivity contribution in [3.8, 4) is 0 Å². The summed E-state index contributed by atoms with van der Waals surface area (Å²) in [7, 11) is 0. The van der Waals surface area contributed by atoms with E-state index in [0.717, 1.165) is 16.8 Å². The van der Waals surface area contributed by atoms with Gasteiger partial charge in [0.05, 0.1) is 6.10 Å². The molecule has 1 N–H and O–H groups in total. The second kappa shape index (κ2) is 5.60. The first kappa shape index (κ1) is 12.5. The molecule has 0 radical (unpaired) electrons. The second-order valence-electron chi connectivity index (χ2n) is 4.08. The van der Waals surface area contributed by atoms with Gasteiger partial charge in [0.15, 0.2) is 0 Å². The van der Waals surface area contributed by atoms with Crippen LogP contribution in [0.3, 0.4) is 0 Å². The monoisotopic (exact) mass is 339 g/mol. The summed E-state index contributed by atoms with van der Waals surface area (Å²) in [4.78, 5) is 4.13. The fourth-order valence-corrected chi connectivity index (χ4v) is 2.10. The molecular weight excluding hydrogens is 325 g/mol. The van der Waals surface area contributed by atoms with E-state index in [9.17, 15) is 5.11 Å². The molecule has 0 saturated heterocycles. The molecule has 17 heavy (non-hydrogen) atoms. The van der Waals surface area contributed by atoms with Crippen molar-refractivity contribution in [3.05, 3.63) is 63.0 Å². The van der Waals surface area contributed by atoms with Crippen molar-refractivity contribution in [1.82, 2.24) is 4.98 Å². The Balaban J connectivity index is 2.11. The van der Waals surface area contributed by atoms with Gasteiger partial charge in [-0.15, -0.1) is 0 Å². The third kappa shape index (κ3) is 3.51. The SMILES string of the molecule is Cc1cc(C(O)Cc2ccc(I)cc2)ccn1. The van der Waals surface area contributed by atoms with E-state index < -0.39 is 6.10 Å². The number of aliphatic hydroxyl groups is 1. The maximum Gasteiger partial charge on any atom is 0.0831 e. The van der Waals surface area contributed by atoms with Gasteiger partial charge >= 0.3 is 0 Å². The Bertz CT molecular complexity index is 496. The lowest BCUT2D eigenvalue weighted by molar-refractivity contribution is 0.178. The summed E-state index contributed by atoms with van der Waals surface area (Å²) in [5, 5.41) is 10.1. The minimum absolute atomic E-state index is 0.461. The molecule has 0 bridgehead atoms. The number of aliphatic hydroxyl groups excluding tert-OH is 1. The Labute approximate surface area is 115 Å². The van der Waals surface area contributed by atoms with Crippen LogP contribution in [0.4, 0.5) is 0 Å². The molecule has 0 fully saturated rings. The van der Waals surface area contributed by atoms with E-state index in [2.05, 4.69) is 51.8 Å². The van der Waals surface area contributed by atoms with E-state index >= 15 is 0 Å². The maximum atomic E-state index is 10.1. The number of rotatable bonds is 3. The van der Waals surface area contributed by atoms with E-state index in [1.165, 1.54) is 3.57 Å². The Hall–Kier alpha value is -0.940. The summed E-state index contributed by atoms with van der Waals surface area (Å²) in [5.41, 5.74) is 3.01. The lowest BCUT2D eigenvalue weighted by Gasteiger charge is -2.11. The first-order chi connectivity index (χ1) is 8.15. The summed E-state index contributed by atoms with van der Waals surface area (Å²) in [6, 6.07) is 12.0. The highest BCUT2D eigenvalue weighted by Crippen LogP contribution is 2.19. The summed E-state index contributed by atoms with van der Waals surface area (Å²) in [6.07, 6.45) is 1.92. The van der Waals surface area contributed by atoms with Crippen LogP contribution < -0.4 is 0 Å². The molecule has 0 aliphatic rings. The Kier molecular flexibility index (Phi) is 4.12. The zero-order valence-electron chi connectivity index (χ0n) is 9.60. The van der Waals surface area contributed by atoms with Crippen LogP contribution in [0.5, 0.6) is 0 Å². The van der Waals surface area contributed by atoms with Gasteiger partial charge in [-0.1, -0.05) is 12.1 Å². The zero-order valence-corrected chi connectivity index (χ0v) is 11.8. The fraction of sp³-hybridized carbons (Fsp3) is 0.214. The van der Waals surface area contributed by atoms with Crippen molar-refractivity contribution in [2.75, 3.05) is 0 Å². The van der Waals surface area contributed by atoms with Gasteiger partial charge in [-0.3, -0.25) is 4.98 Å². The molecule has 3 heteroatoms. The highest BCUT2D eigenvalue weighted by atomic mass is 127. The van der Waals surface area contributed by atoms with Crippen molar-refractivity contribution in [3.63, 3.8) is 0 Å². The van der Waals surface area contributed by atoms with Gasteiger partial charge in [0.1, 0.15) is 0 Å². The van der Waals surface area contributed by atoms with Crippen LogP contribution in [0.15, 0.2) is 42.6 Å². The molecule has 1 aromatic carbocycles. The minimum Gasteiger partial charge on any atom is -0.388 e. The Morgan fingerprint density at radius 3 is 2.59 bits per heavy atom. The topological polar surface area (TPSA) is 33.1 Å². The fourth-order valence-electron chi connectivity index (χ4n) is 1.74. The van der Waals surface area contributed by atoms with Crippen LogP contribution in [0.25, 0.3) is 0 Å². The van der Waals surface area contributed by atoms with Gasteiger partial charge in [-0.25, -0.2) is 0 Å². The molecule has 0 saturated carbocycles. The molecule has 0 aliphatic carbocycles. The van der Waals surface area contributed by atoms with E-state index in [-0.39, 0.29) is 0 Å². The molecule has 2 nitrogen and oxygen atoms in total. The third-order valence-corrected chi connectivity index (χ3v) is 3.37. The highest BCUT2D eigenvalue weighted by molar-refractivity contribution is 14.1. The van der Waals surface area contributed by atoms with Crippen LogP contribution >= 0.6 is 22.6 Å². The van der Waals surface area contributed by atoms with Crippen molar-refractivity contribution >= 4 is 22.6 Å². The molecule has 2 aromatic rings. The van der Waals surface area contributed by atoms with E-state index in [4.69, 9.17) is 0 Å². The average Bonchev–Trinajstić information content (AvgIpc) is 2.32. The minimum atomic E-state index is -0.461. The van der Waals surface area contributed by atoms with Crippen molar-refractivity contribution < 1.29 is 5.11 Å². The molecule has 0 aliphatic heterocycles. The molecule has 1 heterocycles. The number of benzene rings is 1. The molecule has 0 spiro atoms. The summed E-state index contributed by atoms with van der Waals surface area (Å²) in [6.45, 7) is 1.93. The van der Waals surface area contributed by atoms with Crippen LogP contribution in [0.1, 0.15) is 22.9 Å². The number of hydrogen-bond acceptors (Lipinski definition) is 2. The lowest BCUT2D eigenvalue weighted by atomic mass is 10.0. The predicted molar refractivity (Wildman–Crippen MR) is 76.8 cm³/mol. The quantitative estimate of drug-likeness (QED) is 0.871. The van der Waals surface area contributed by atoms with Gasteiger partial charge < -0.3 is 5.11 Å². The smallest absolute Gasteiger partial charge is 0.0831 e. The second-order valence-corrected chi connectivity index (χ2v) is 5.32. The average molecular weight is 339 g/mol. The van der Waals surface area contributed by atoms with Crippen LogP contribution in [-0.4, -0.2) is 10.1 Å². The van der Waals surface area contributed by atoms with E-state index in [0.29, 0.717) is 6.42 Å². The summed E-state index contributed by atoms with van der Waals surface area (Å²) >= 11 is 2.28. The number of aryl methyl sites for hydroxylation is 1. The number of hydrogen-bond donors (Lipinski definition) is 1. The number of pyridine rings is 1. The third-order valence-electron chi connectivity index (χ3n) is 2.65. The van der Waals surface area contributed by atoms with Gasteiger partial charge in [0, 0.05) is 21.9 Å². The zero-order chi connectivity index (χ0) is 12.3. The molecular formula is C14H14INO. The van der Waals surface area contributed by atoms with Gasteiger partial charge in [0.2, 0.25) is 0 Å². The molecule has 1 aromatic heterocycles. The molecule has 88 valence electrons. The summed E-state index contributed by atoms with van der Waals surface area (Å²) < 4.78 is 1.21. The van der Waals surface area contributed by atoms with Gasteiger partial charge in [0.25, 0.3) is 0 Å². The number of halogens is 1. The molecule has 2 rings (SSSR count). The maximum absolute atomic E-state index is 10.1. The van der Waals surface area contributed by atoms with Crippen molar-refractivity contribution in [1.29, 1.82) is 0 Å². The standard InChI is InChI=1S/C14H14INO/c1-10-8-12(6-7-16-10)14(17)9-11-2-4-13(15)5-3-11/h2-8,14,17H,9H2,1H3. The lowest BCUT2D eigenvalue weighted by Crippen LogP contribution is -2.02. The van der Waals surface area contributed by atoms with E-state index in [1.807, 2.05) is 19.1 Å². The first-order valence-corrected chi connectivity index (χ1v) is 6.58. The molecule has 1 unspecified atom stereocenters. The Morgan fingerprint density at radius 2 is 1.94 bits per heavy atom. The molecule has 1 atom stereocenters. The van der Waals surface area contributed by atoms with Gasteiger partial charge in [-0.2, -0.15) is 0 Å². The summed E-state index contributed by atoms with van der Waals surface area (Å²) in [5.74, 6) is 0. The van der Waals surface area contributed by atoms with E-state index in [1.54, 1.807) is 6.20 Å². The van der Waals surface area contributed by atoms with Crippen LogP contribution in [0.2, 0.25) is 0 Å². The predicted octanol–water partition coefficient (Wildman–Crippen LogP) is 3.27. The van der Waals surface area contributed by atoms with Crippen molar-refractivity contribution in [2.45, 2.75) is 19.4 Å². The largest absolute Gasteiger partial charge is 0.388 e. The van der Waals surface area contributed by atoms with Gasteiger partial charge in [-0.05, 0) is 64.9 Å². The van der Waals surface area contributed by atoms with Crippen LogP contribution in [0, 0.1) is 10.5 Å². The molecule has 0 amide bonds. The number of aromatic nitrogens is 1. The normalized spacial score (nSPS) is 12.4.